The molecule has 0 N–H and O–H groups in total. The number of halogens is 1. The Bertz CT molecular complexity index is 529. The zero-order chi connectivity index (χ0) is 15.0. The van der Waals surface area contributed by atoms with Crippen molar-refractivity contribution in [2.75, 3.05) is 26.7 Å². The smallest absolute Gasteiger partial charge is 0.225 e. The highest BCUT2D eigenvalue weighted by Gasteiger charge is 2.37. The van der Waals surface area contributed by atoms with Crippen molar-refractivity contribution >= 4 is 5.91 Å². The zero-order valence-corrected chi connectivity index (χ0v) is 12.8. The van der Waals surface area contributed by atoms with E-state index in [1.807, 2.05) is 31.0 Å². The van der Waals surface area contributed by atoms with Crippen LogP contribution in [0.5, 0.6) is 0 Å². The van der Waals surface area contributed by atoms with Crippen LogP contribution in [0.1, 0.15) is 31.4 Å². The van der Waals surface area contributed by atoms with Crippen molar-refractivity contribution in [2.24, 2.45) is 11.8 Å². The molecule has 21 heavy (non-hydrogen) atoms. The average molecular weight is 290 g/mol. The molecule has 4 heteroatoms. The van der Waals surface area contributed by atoms with Crippen LogP contribution in [-0.2, 0) is 4.79 Å². The third kappa shape index (κ3) is 2.95. The molecule has 0 spiro atoms. The van der Waals surface area contributed by atoms with Gasteiger partial charge in [-0.3, -0.25) is 9.69 Å². The van der Waals surface area contributed by atoms with Crippen LogP contribution in [0.25, 0.3) is 0 Å². The summed E-state index contributed by atoms with van der Waals surface area (Å²) in [5.74, 6) is 0.754. The first-order valence-electron chi connectivity index (χ1n) is 7.81. The monoisotopic (exact) mass is 290 g/mol. The minimum Gasteiger partial charge on any atom is -0.339 e. The van der Waals surface area contributed by atoms with E-state index in [1.165, 1.54) is 18.9 Å². The molecule has 3 rings (SSSR count). The second-order valence-corrected chi connectivity index (χ2v) is 6.43. The molecule has 1 amide bonds. The van der Waals surface area contributed by atoms with Gasteiger partial charge in [0.15, 0.2) is 0 Å². The lowest BCUT2D eigenvalue weighted by Crippen LogP contribution is -2.50. The van der Waals surface area contributed by atoms with E-state index in [-0.39, 0.29) is 23.7 Å². The molecule has 1 aromatic rings. The van der Waals surface area contributed by atoms with Crippen LogP contribution in [0.3, 0.4) is 0 Å². The van der Waals surface area contributed by atoms with Crippen molar-refractivity contribution in [2.45, 2.75) is 25.8 Å². The first-order valence-corrected chi connectivity index (χ1v) is 7.81. The van der Waals surface area contributed by atoms with Gasteiger partial charge in [-0.25, -0.2) is 4.39 Å². The van der Waals surface area contributed by atoms with Gasteiger partial charge in [-0.1, -0.05) is 25.1 Å². The predicted octanol–water partition coefficient (Wildman–Crippen LogP) is 2.69. The molecule has 0 bridgehead atoms. The van der Waals surface area contributed by atoms with Crippen LogP contribution < -0.4 is 0 Å². The highest BCUT2D eigenvalue weighted by atomic mass is 19.1. The van der Waals surface area contributed by atoms with Gasteiger partial charge in [-0.2, -0.15) is 0 Å². The SMILES string of the molecule is CC(C(=O)N1CCN(C)C(c2ccccc2F)C1)C1CC1. The number of amides is 1. The Hall–Kier alpha value is -1.42. The van der Waals surface area contributed by atoms with Crippen molar-refractivity contribution in [3.8, 4) is 0 Å². The fourth-order valence-corrected chi connectivity index (χ4v) is 3.24. The van der Waals surface area contributed by atoms with Crippen LogP contribution in [-0.4, -0.2) is 42.4 Å². The van der Waals surface area contributed by atoms with Crippen molar-refractivity contribution < 1.29 is 9.18 Å². The standard InChI is InChI=1S/C17H23FN2O/c1-12(13-7-8-13)17(21)20-10-9-19(2)16(11-20)14-5-3-4-6-15(14)18/h3-6,12-13,16H,7-11H2,1-2H3. The van der Waals surface area contributed by atoms with E-state index in [4.69, 9.17) is 0 Å². The summed E-state index contributed by atoms with van der Waals surface area (Å²) in [6, 6.07) is 6.85. The Morgan fingerprint density at radius 3 is 2.67 bits per heavy atom. The maximum atomic E-state index is 14.0. The molecule has 3 nitrogen and oxygen atoms in total. The fourth-order valence-electron chi connectivity index (χ4n) is 3.24. The molecule has 114 valence electrons. The Morgan fingerprint density at radius 1 is 1.29 bits per heavy atom. The number of hydrogen-bond donors (Lipinski definition) is 0. The van der Waals surface area contributed by atoms with E-state index in [1.54, 1.807) is 6.07 Å². The summed E-state index contributed by atoms with van der Waals surface area (Å²) in [4.78, 5) is 16.6. The maximum absolute atomic E-state index is 14.0. The van der Waals surface area contributed by atoms with E-state index in [9.17, 15) is 9.18 Å². The lowest BCUT2D eigenvalue weighted by Gasteiger charge is -2.40. The van der Waals surface area contributed by atoms with Gasteiger partial charge >= 0.3 is 0 Å². The Labute approximate surface area is 125 Å². The molecule has 1 saturated heterocycles. The lowest BCUT2D eigenvalue weighted by molar-refractivity contribution is -0.138. The van der Waals surface area contributed by atoms with E-state index >= 15 is 0 Å². The lowest BCUT2D eigenvalue weighted by atomic mass is 9.99. The Balaban J connectivity index is 1.75. The topological polar surface area (TPSA) is 23.6 Å². The third-order valence-electron chi connectivity index (χ3n) is 4.94. The number of piperazine rings is 1. The molecule has 2 atom stereocenters. The van der Waals surface area contributed by atoms with E-state index in [0.29, 0.717) is 18.0 Å². The van der Waals surface area contributed by atoms with Gasteiger partial charge in [0.05, 0.1) is 6.04 Å². The Kier molecular flexibility index (Phi) is 3.98. The zero-order valence-electron chi connectivity index (χ0n) is 12.8. The van der Waals surface area contributed by atoms with Gasteiger partial charge in [-0.15, -0.1) is 0 Å². The summed E-state index contributed by atoms with van der Waals surface area (Å²) in [5, 5.41) is 0. The summed E-state index contributed by atoms with van der Waals surface area (Å²) in [5.41, 5.74) is 0.691. The van der Waals surface area contributed by atoms with Gasteiger partial charge in [0.2, 0.25) is 5.91 Å². The van der Waals surface area contributed by atoms with Crippen molar-refractivity contribution in [1.29, 1.82) is 0 Å². The summed E-state index contributed by atoms with van der Waals surface area (Å²) in [6.07, 6.45) is 2.36. The van der Waals surface area contributed by atoms with E-state index < -0.39 is 0 Å². The second kappa shape index (κ2) is 5.76. The maximum Gasteiger partial charge on any atom is 0.225 e. The molecular formula is C17H23FN2O. The number of hydrogen-bond acceptors (Lipinski definition) is 2. The van der Waals surface area contributed by atoms with Crippen LogP contribution in [0.15, 0.2) is 24.3 Å². The van der Waals surface area contributed by atoms with Crippen LogP contribution in [0, 0.1) is 17.7 Å². The predicted molar refractivity (Wildman–Crippen MR) is 80.2 cm³/mol. The van der Waals surface area contributed by atoms with Crippen molar-refractivity contribution in [3.63, 3.8) is 0 Å². The normalized spacial score (nSPS) is 24.9. The van der Waals surface area contributed by atoms with Gasteiger partial charge in [0.25, 0.3) is 0 Å². The molecule has 0 aromatic heterocycles. The summed E-state index contributed by atoms with van der Waals surface area (Å²) in [7, 11) is 2.00. The number of carbonyl (C=O) groups excluding carboxylic acids is 1. The molecule has 0 radical (unpaired) electrons. The summed E-state index contributed by atoms with van der Waals surface area (Å²) in [6.45, 7) is 4.17. The summed E-state index contributed by atoms with van der Waals surface area (Å²) < 4.78 is 14.0. The molecule has 1 aliphatic heterocycles. The van der Waals surface area contributed by atoms with Gasteiger partial charge in [0, 0.05) is 31.1 Å². The molecule has 1 saturated carbocycles. The van der Waals surface area contributed by atoms with Crippen LogP contribution >= 0.6 is 0 Å². The van der Waals surface area contributed by atoms with E-state index in [0.717, 1.165) is 13.1 Å². The van der Waals surface area contributed by atoms with Crippen molar-refractivity contribution in [1.82, 2.24) is 9.80 Å². The highest BCUT2D eigenvalue weighted by Crippen LogP contribution is 2.38. The number of rotatable bonds is 3. The van der Waals surface area contributed by atoms with Gasteiger partial charge < -0.3 is 4.90 Å². The van der Waals surface area contributed by atoms with Crippen LogP contribution in [0.4, 0.5) is 4.39 Å². The molecule has 1 aliphatic carbocycles. The van der Waals surface area contributed by atoms with Crippen LogP contribution in [0.2, 0.25) is 0 Å². The summed E-state index contributed by atoms with van der Waals surface area (Å²) >= 11 is 0. The molecule has 2 unspecified atom stereocenters. The molecule has 2 fully saturated rings. The van der Waals surface area contributed by atoms with E-state index in [2.05, 4.69) is 4.90 Å². The Morgan fingerprint density at radius 2 is 2.00 bits per heavy atom. The van der Waals surface area contributed by atoms with Gasteiger partial charge in [0.1, 0.15) is 5.82 Å². The first-order chi connectivity index (χ1) is 10.1. The fraction of sp³-hybridized carbons (Fsp3) is 0.588. The molecule has 1 heterocycles. The quantitative estimate of drug-likeness (QED) is 0.854. The largest absolute Gasteiger partial charge is 0.339 e. The molecule has 2 aliphatic rings. The van der Waals surface area contributed by atoms with Gasteiger partial charge in [-0.05, 0) is 31.9 Å². The first kappa shape index (κ1) is 14.5. The molecule has 1 aromatic carbocycles. The number of benzene rings is 1. The number of nitrogens with zero attached hydrogens (tertiary/aromatic N) is 2. The third-order valence-corrected chi connectivity index (χ3v) is 4.94. The number of likely N-dealkylation sites (N-methyl/N-ethyl adjacent to an activating group) is 1. The van der Waals surface area contributed by atoms with Crippen molar-refractivity contribution in [3.05, 3.63) is 35.6 Å². The average Bonchev–Trinajstić information content (AvgIpc) is 3.32. The second-order valence-electron chi connectivity index (χ2n) is 6.43. The minimum absolute atomic E-state index is 0.0460. The minimum atomic E-state index is -0.182. The molecular weight excluding hydrogens is 267 g/mol. The highest BCUT2D eigenvalue weighted by molar-refractivity contribution is 5.79. The number of carbonyl (C=O) groups is 1.